The largest absolute Gasteiger partial charge is 0.444 e. The Bertz CT molecular complexity index is 499. The van der Waals surface area contributed by atoms with Crippen molar-refractivity contribution in [3.8, 4) is 0 Å². The van der Waals surface area contributed by atoms with Crippen LogP contribution < -0.4 is 0 Å². The first-order chi connectivity index (χ1) is 9.76. The summed E-state index contributed by atoms with van der Waals surface area (Å²) >= 11 is 3.35. The van der Waals surface area contributed by atoms with Crippen molar-refractivity contribution in [2.45, 2.75) is 44.8 Å². The normalized spacial score (nSPS) is 23.0. The summed E-state index contributed by atoms with van der Waals surface area (Å²) in [5.41, 5.74) is 0.334. The lowest BCUT2D eigenvalue weighted by Crippen LogP contribution is -2.47. The molecule has 116 valence electrons. The zero-order chi connectivity index (χ0) is 15.6. The highest BCUT2D eigenvalue weighted by molar-refractivity contribution is 9.10. The molecule has 2 rings (SSSR count). The quantitative estimate of drug-likeness (QED) is 0.840. The molecule has 0 saturated carbocycles. The standard InChI is InChI=1S/C15H21BrN2O3/c1-15(2,3)21-14(20)18-7-6-11(13(19)9-18)12-5-4-10(16)8-17-12/h4-5,8,11,13,19H,6-7,9H2,1-3H3. The van der Waals surface area contributed by atoms with E-state index >= 15 is 0 Å². The van der Waals surface area contributed by atoms with Crippen LogP contribution in [0.15, 0.2) is 22.8 Å². The molecule has 21 heavy (non-hydrogen) atoms. The third kappa shape index (κ3) is 4.41. The van der Waals surface area contributed by atoms with Crippen molar-refractivity contribution in [3.05, 3.63) is 28.5 Å². The molecule has 0 aromatic carbocycles. The lowest BCUT2D eigenvalue weighted by Gasteiger charge is -2.36. The van der Waals surface area contributed by atoms with E-state index in [1.165, 1.54) is 0 Å². The summed E-state index contributed by atoms with van der Waals surface area (Å²) in [6, 6.07) is 3.82. The zero-order valence-corrected chi connectivity index (χ0v) is 14.1. The summed E-state index contributed by atoms with van der Waals surface area (Å²) in [6.45, 7) is 6.34. The molecule has 1 fully saturated rings. The Morgan fingerprint density at radius 3 is 2.71 bits per heavy atom. The highest BCUT2D eigenvalue weighted by Gasteiger charge is 2.33. The van der Waals surface area contributed by atoms with Crippen LogP contribution >= 0.6 is 15.9 Å². The van der Waals surface area contributed by atoms with Crippen molar-refractivity contribution in [1.82, 2.24) is 9.88 Å². The minimum absolute atomic E-state index is 0.0446. The SMILES string of the molecule is CC(C)(C)OC(=O)N1CCC(c2ccc(Br)cn2)C(O)C1. The fraction of sp³-hybridized carbons (Fsp3) is 0.600. The van der Waals surface area contributed by atoms with Crippen molar-refractivity contribution < 1.29 is 14.6 Å². The molecule has 0 radical (unpaired) electrons. The average molecular weight is 357 g/mol. The van der Waals surface area contributed by atoms with Gasteiger partial charge in [0.2, 0.25) is 0 Å². The highest BCUT2D eigenvalue weighted by atomic mass is 79.9. The van der Waals surface area contributed by atoms with Gasteiger partial charge in [-0.3, -0.25) is 4.98 Å². The van der Waals surface area contributed by atoms with E-state index < -0.39 is 11.7 Å². The van der Waals surface area contributed by atoms with Crippen LogP contribution in [0.25, 0.3) is 0 Å². The molecular weight excluding hydrogens is 336 g/mol. The van der Waals surface area contributed by atoms with Crippen molar-refractivity contribution in [2.24, 2.45) is 0 Å². The first-order valence-corrected chi connectivity index (χ1v) is 7.83. The Balaban J connectivity index is 1.99. The molecule has 1 aliphatic heterocycles. The molecule has 2 heterocycles. The Morgan fingerprint density at radius 1 is 1.48 bits per heavy atom. The molecule has 1 amide bonds. The second-order valence-electron chi connectivity index (χ2n) is 6.29. The van der Waals surface area contributed by atoms with E-state index in [9.17, 15) is 9.90 Å². The van der Waals surface area contributed by atoms with Gasteiger partial charge in [0, 0.05) is 28.8 Å². The molecule has 2 unspecified atom stereocenters. The van der Waals surface area contributed by atoms with Crippen molar-refractivity contribution in [2.75, 3.05) is 13.1 Å². The summed E-state index contributed by atoms with van der Waals surface area (Å²) in [6.07, 6.45) is 1.40. The Labute approximate surface area is 133 Å². The lowest BCUT2D eigenvalue weighted by atomic mass is 9.90. The molecule has 0 spiro atoms. The summed E-state index contributed by atoms with van der Waals surface area (Å²) < 4.78 is 6.25. The fourth-order valence-electron chi connectivity index (χ4n) is 2.38. The van der Waals surface area contributed by atoms with Gasteiger partial charge in [0.1, 0.15) is 5.60 Å². The monoisotopic (exact) mass is 356 g/mol. The maximum absolute atomic E-state index is 12.0. The van der Waals surface area contributed by atoms with Gasteiger partial charge in [0.15, 0.2) is 0 Å². The number of amides is 1. The Hall–Kier alpha value is -1.14. The third-order valence-electron chi connectivity index (χ3n) is 3.36. The number of aliphatic hydroxyl groups excluding tert-OH is 1. The first-order valence-electron chi connectivity index (χ1n) is 7.04. The van der Waals surface area contributed by atoms with E-state index in [0.717, 1.165) is 10.2 Å². The second kappa shape index (κ2) is 6.32. The number of piperidine rings is 1. The summed E-state index contributed by atoms with van der Waals surface area (Å²) in [4.78, 5) is 17.9. The van der Waals surface area contributed by atoms with Gasteiger partial charge in [0.25, 0.3) is 0 Å². The number of aliphatic hydroxyl groups is 1. The first kappa shape index (κ1) is 16.2. The van der Waals surface area contributed by atoms with E-state index in [2.05, 4.69) is 20.9 Å². The lowest BCUT2D eigenvalue weighted by molar-refractivity contribution is -0.00190. The molecule has 1 N–H and O–H groups in total. The number of ether oxygens (including phenoxy) is 1. The van der Waals surface area contributed by atoms with Crippen LogP contribution in [0, 0.1) is 0 Å². The van der Waals surface area contributed by atoms with Crippen molar-refractivity contribution in [3.63, 3.8) is 0 Å². The van der Waals surface area contributed by atoms with Crippen LogP contribution in [0.2, 0.25) is 0 Å². The molecule has 5 nitrogen and oxygen atoms in total. The molecule has 0 aliphatic carbocycles. The van der Waals surface area contributed by atoms with Crippen LogP contribution in [0.3, 0.4) is 0 Å². The maximum Gasteiger partial charge on any atom is 0.410 e. The molecule has 6 heteroatoms. The molecule has 0 bridgehead atoms. The number of carbonyl (C=O) groups is 1. The maximum atomic E-state index is 12.0. The third-order valence-corrected chi connectivity index (χ3v) is 3.83. The second-order valence-corrected chi connectivity index (χ2v) is 7.21. The number of hydrogen-bond donors (Lipinski definition) is 1. The van der Waals surface area contributed by atoms with Gasteiger partial charge in [-0.2, -0.15) is 0 Å². The van der Waals surface area contributed by atoms with Crippen molar-refractivity contribution >= 4 is 22.0 Å². The van der Waals surface area contributed by atoms with Crippen LogP contribution in [-0.4, -0.2) is 45.9 Å². The van der Waals surface area contributed by atoms with Crippen molar-refractivity contribution in [1.29, 1.82) is 0 Å². The van der Waals surface area contributed by atoms with Crippen LogP contribution in [0.1, 0.15) is 38.8 Å². The van der Waals surface area contributed by atoms with Crippen LogP contribution in [0.5, 0.6) is 0 Å². The average Bonchev–Trinajstić information content (AvgIpc) is 2.38. The summed E-state index contributed by atoms with van der Waals surface area (Å²) in [5, 5.41) is 10.3. The van der Waals surface area contributed by atoms with Gasteiger partial charge in [0.05, 0.1) is 12.6 Å². The minimum Gasteiger partial charge on any atom is -0.444 e. The van der Waals surface area contributed by atoms with Gasteiger partial charge in [-0.05, 0) is 55.3 Å². The molecule has 2 atom stereocenters. The van der Waals surface area contributed by atoms with Crippen LogP contribution in [-0.2, 0) is 4.74 Å². The number of likely N-dealkylation sites (tertiary alicyclic amines) is 1. The van der Waals surface area contributed by atoms with Gasteiger partial charge in [-0.15, -0.1) is 0 Å². The molecular formula is C15H21BrN2O3. The number of β-amino-alcohol motifs (C(OH)–C–C–N with tert-alkyl or cyclic N) is 1. The van der Waals surface area contributed by atoms with E-state index in [1.807, 2.05) is 32.9 Å². The topological polar surface area (TPSA) is 62.7 Å². The molecule has 1 aromatic heterocycles. The van der Waals surface area contributed by atoms with E-state index in [-0.39, 0.29) is 18.6 Å². The van der Waals surface area contributed by atoms with Gasteiger partial charge in [-0.1, -0.05) is 0 Å². The molecule has 1 aromatic rings. The number of nitrogens with zero attached hydrogens (tertiary/aromatic N) is 2. The predicted molar refractivity (Wildman–Crippen MR) is 83.1 cm³/mol. The Kier molecular flexibility index (Phi) is 4.88. The zero-order valence-electron chi connectivity index (χ0n) is 12.5. The van der Waals surface area contributed by atoms with Crippen LogP contribution in [0.4, 0.5) is 4.79 Å². The number of aromatic nitrogens is 1. The van der Waals surface area contributed by atoms with Gasteiger partial charge >= 0.3 is 6.09 Å². The number of carbonyl (C=O) groups excluding carboxylic acids is 1. The summed E-state index contributed by atoms with van der Waals surface area (Å²) in [5.74, 6) is -0.0446. The van der Waals surface area contributed by atoms with E-state index in [0.29, 0.717) is 13.0 Å². The number of hydrogen-bond acceptors (Lipinski definition) is 4. The van der Waals surface area contributed by atoms with E-state index in [1.54, 1.807) is 11.1 Å². The predicted octanol–water partition coefficient (Wildman–Crippen LogP) is 2.93. The van der Waals surface area contributed by atoms with Gasteiger partial charge in [-0.25, -0.2) is 4.79 Å². The highest BCUT2D eigenvalue weighted by Crippen LogP contribution is 2.28. The minimum atomic E-state index is -0.625. The number of pyridine rings is 1. The summed E-state index contributed by atoms with van der Waals surface area (Å²) in [7, 11) is 0. The smallest absolute Gasteiger partial charge is 0.410 e. The molecule has 1 saturated heterocycles. The number of rotatable bonds is 1. The van der Waals surface area contributed by atoms with Gasteiger partial charge < -0.3 is 14.7 Å². The fourth-order valence-corrected chi connectivity index (χ4v) is 2.61. The van der Waals surface area contributed by atoms with E-state index in [4.69, 9.17) is 4.74 Å². The Morgan fingerprint density at radius 2 is 2.19 bits per heavy atom. The molecule has 1 aliphatic rings. The number of halogens is 1.